The van der Waals surface area contributed by atoms with Crippen molar-refractivity contribution in [2.24, 2.45) is 5.41 Å². The van der Waals surface area contributed by atoms with Gasteiger partial charge in [0, 0.05) is 37.8 Å². The first-order valence-corrected chi connectivity index (χ1v) is 14.4. The minimum absolute atomic E-state index is 0.118. The Bertz CT molecular complexity index is 1360. The summed E-state index contributed by atoms with van der Waals surface area (Å²) < 4.78 is 21.4. The van der Waals surface area contributed by atoms with Gasteiger partial charge in [-0.05, 0) is 69.9 Å². The van der Waals surface area contributed by atoms with E-state index < -0.39 is 5.82 Å². The quantitative estimate of drug-likeness (QED) is 0.521. The van der Waals surface area contributed by atoms with Crippen molar-refractivity contribution < 1.29 is 18.7 Å². The normalized spacial score (nSPS) is 24.4. The van der Waals surface area contributed by atoms with Crippen LogP contribution < -0.4 is 9.64 Å². The van der Waals surface area contributed by atoms with Crippen LogP contribution in [0.3, 0.4) is 0 Å². The molecule has 0 radical (unpaired) electrons. The van der Waals surface area contributed by atoms with Crippen LogP contribution in [0.5, 0.6) is 5.75 Å². The van der Waals surface area contributed by atoms with Crippen LogP contribution in [0.2, 0.25) is 5.02 Å². The minimum Gasteiger partial charge on any atom is -0.489 e. The summed E-state index contributed by atoms with van der Waals surface area (Å²) in [6.45, 7) is 9.88. The van der Waals surface area contributed by atoms with Crippen LogP contribution >= 0.6 is 11.6 Å². The summed E-state index contributed by atoms with van der Waals surface area (Å²) in [5.74, 6) is -0.103. The molecule has 4 aliphatic heterocycles. The first-order chi connectivity index (χ1) is 19.2. The Hall–Kier alpha value is -3.17. The summed E-state index contributed by atoms with van der Waals surface area (Å²) in [4.78, 5) is 39.6. The second kappa shape index (κ2) is 10.3. The number of rotatable bonds is 3. The molecule has 1 spiro atoms. The number of fused-ring (bicyclic) bond motifs is 2. The molecule has 10 heteroatoms. The van der Waals surface area contributed by atoms with Crippen molar-refractivity contribution in [1.82, 2.24) is 19.7 Å². The topological polar surface area (TPSA) is 69.2 Å². The Morgan fingerprint density at radius 1 is 1.15 bits per heavy atom. The molecule has 3 fully saturated rings. The van der Waals surface area contributed by atoms with Gasteiger partial charge in [0.1, 0.15) is 28.8 Å². The smallest absolute Gasteiger partial charge is 0.261 e. The van der Waals surface area contributed by atoms with Crippen LogP contribution in [0.1, 0.15) is 36.5 Å². The average molecular weight is 568 g/mol. The van der Waals surface area contributed by atoms with Gasteiger partial charge in [-0.15, -0.1) is 0 Å². The van der Waals surface area contributed by atoms with E-state index in [2.05, 4.69) is 30.4 Å². The highest BCUT2D eigenvalue weighted by atomic mass is 35.5. The molecule has 6 rings (SSSR count). The molecule has 0 N–H and O–H groups in total. The number of carbonyl (C=O) groups is 2. The highest BCUT2D eigenvalue weighted by molar-refractivity contribution is 6.35. The van der Waals surface area contributed by atoms with Crippen molar-refractivity contribution in [3.8, 4) is 17.0 Å². The van der Waals surface area contributed by atoms with E-state index in [-0.39, 0.29) is 57.9 Å². The zero-order valence-corrected chi connectivity index (χ0v) is 23.8. The molecule has 212 valence electrons. The molecular weight excluding hydrogens is 533 g/mol. The number of anilines is 1. The molecule has 1 aromatic heterocycles. The summed E-state index contributed by atoms with van der Waals surface area (Å²) in [6, 6.07) is 6.16. The van der Waals surface area contributed by atoms with Crippen LogP contribution in [0.4, 0.5) is 10.2 Å². The van der Waals surface area contributed by atoms with Gasteiger partial charge >= 0.3 is 0 Å². The third-order valence-corrected chi connectivity index (χ3v) is 9.88. The lowest BCUT2D eigenvalue weighted by Crippen LogP contribution is -2.57. The number of hydrogen-bond acceptors (Lipinski definition) is 6. The molecular formula is C30H35ClFN5O3. The zero-order valence-electron chi connectivity index (χ0n) is 23.0. The molecule has 0 bridgehead atoms. The summed E-state index contributed by atoms with van der Waals surface area (Å²) >= 11 is 6.92. The van der Waals surface area contributed by atoms with Crippen molar-refractivity contribution in [1.29, 1.82) is 0 Å². The van der Waals surface area contributed by atoms with Crippen LogP contribution in [-0.4, -0.2) is 96.5 Å². The number of piperidine rings is 1. The molecule has 0 saturated carbocycles. The molecule has 2 atom stereocenters. The molecule has 1 unspecified atom stereocenters. The van der Waals surface area contributed by atoms with Gasteiger partial charge in [-0.2, -0.15) is 0 Å². The number of aromatic nitrogens is 1. The number of ether oxygens (including phenoxy) is 1. The molecule has 5 heterocycles. The van der Waals surface area contributed by atoms with Crippen LogP contribution in [0.25, 0.3) is 11.3 Å². The number of benzene rings is 1. The summed E-state index contributed by atoms with van der Waals surface area (Å²) in [5, 5.41) is 0.122. The lowest BCUT2D eigenvalue weighted by atomic mass is 9.73. The van der Waals surface area contributed by atoms with E-state index in [0.29, 0.717) is 31.0 Å². The third kappa shape index (κ3) is 4.34. The molecule has 2 amide bonds. The average Bonchev–Trinajstić information content (AvgIpc) is 3.19. The van der Waals surface area contributed by atoms with E-state index in [1.54, 1.807) is 28.0 Å². The Balaban J connectivity index is 1.46. The van der Waals surface area contributed by atoms with Crippen LogP contribution in [0.15, 0.2) is 36.9 Å². The maximum atomic E-state index is 15.1. The van der Waals surface area contributed by atoms with Gasteiger partial charge in [-0.1, -0.05) is 30.3 Å². The standard InChI is InChI=1S/C30H35ClFN5O3/c1-4-23(38)35-15-16-37-20(17-35)18-40-27-24(29(37)39)28(33-26(25(27)31)21-7-5-6-8-22(21)32)36-14-11-30(19(36)2)9-12-34(3)13-10-30/h4-8,19-20H,1,9-18H2,2-3H3/t19-,20?/m0/s1. The maximum Gasteiger partial charge on any atom is 0.261 e. The molecule has 1 aromatic carbocycles. The minimum atomic E-state index is -0.444. The van der Waals surface area contributed by atoms with Crippen LogP contribution in [0, 0.1) is 11.2 Å². The Labute approximate surface area is 239 Å². The summed E-state index contributed by atoms with van der Waals surface area (Å²) in [6.07, 6.45) is 4.43. The Morgan fingerprint density at radius 2 is 1.88 bits per heavy atom. The second-order valence-electron chi connectivity index (χ2n) is 11.5. The van der Waals surface area contributed by atoms with E-state index in [1.165, 1.54) is 12.1 Å². The molecule has 8 nitrogen and oxygen atoms in total. The predicted octanol–water partition coefficient (Wildman–Crippen LogP) is 4.08. The number of halogens is 2. The fourth-order valence-electron chi connectivity index (χ4n) is 6.91. The van der Waals surface area contributed by atoms with Gasteiger partial charge in [-0.3, -0.25) is 9.59 Å². The summed E-state index contributed by atoms with van der Waals surface area (Å²) in [7, 11) is 2.15. The van der Waals surface area contributed by atoms with Crippen molar-refractivity contribution in [3.05, 3.63) is 53.3 Å². The van der Waals surface area contributed by atoms with Gasteiger partial charge in [-0.25, -0.2) is 9.37 Å². The lowest BCUT2D eigenvalue weighted by molar-refractivity contribution is -0.128. The molecule has 3 saturated heterocycles. The first kappa shape index (κ1) is 27.0. The van der Waals surface area contributed by atoms with E-state index >= 15 is 4.39 Å². The van der Waals surface area contributed by atoms with E-state index in [9.17, 15) is 9.59 Å². The monoisotopic (exact) mass is 567 g/mol. The van der Waals surface area contributed by atoms with E-state index in [0.717, 1.165) is 38.9 Å². The van der Waals surface area contributed by atoms with Crippen molar-refractivity contribution in [2.45, 2.75) is 38.3 Å². The van der Waals surface area contributed by atoms with E-state index in [4.69, 9.17) is 21.3 Å². The maximum absolute atomic E-state index is 15.1. The van der Waals surface area contributed by atoms with Gasteiger partial charge in [0.15, 0.2) is 5.75 Å². The van der Waals surface area contributed by atoms with Gasteiger partial charge < -0.3 is 24.3 Å². The fourth-order valence-corrected chi connectivity index (χ4v) is 7.21. The predicted molar refractivity (Wildman–Crippen MR) is 152 cm³/mol. The van der Waals surface area contributed by atoms with Crippen LogP contribution in [-0.2, 0) is 4.79 Å². The number of likely N-dealkylation sites (tertiary alicyclic amines) is 1. The summed E-state index contributed by atoms with van der Waals surface area (Å²) in [5.41, 5.74) is 0.972. The number of hydrogen-bond donors (Lipinski definition) is 0. The number of nitrogens with zero attached hydrogens (tertiary/aromatic N) is 5. The van der Waals surface area contributed by atoms with Gasteiger partial charge in [0.05, 0.1) is 11.7 Å². The molecule has 0 aliphatic carbocycles. The molecule has 40 heavy (non-hydrogen) atoms. The largest absolute Gasteiger partial charge is 0.489 e. The molecule has 2 aromatic rings. The second-order valence-corrected chi connectivity index (χ2v) is 11.9. The Kier molecular flexibility index (Phi) is 6.99. The first-order valence-electron chi connectivity index (χ1n) is 14.0. The third-order valence-electron chi connectivity index (χ3n) is 9.53. The number of amides is 2. The molecule has 4 aliphatic rings. The zero-order chi connectivity index (χ0) is 28.2. The van der Waals surface area contributed by atoms with Gasteiger partial charge in [0.2, 0.25) is 5.91 Å². The number of pyridine rings is 1. The lowest BCUT2D eigenvalue weighted by Gasteiger charge is -2.42. The SMILES string of the molecule is C=CC(=O)N1CCN2C(=O)c3c(N4CCC5(CCN(C)CC5)[C@@H]4C)nc(-c4ccccc4F)c(Cl)c3OCC2C1. The Morgan fingerprint density at radius 3 is 2.60 bits per heavy atom. The van der Waals surface area contributed by atoms with E-state index in [1.807, 2.05) is 0 Å². The highest BCUT2D eigenvalue weighted by Crippen LogP contribution is 2.50. The van der Waals surface area contributed by atoms with Crippen molar-refractivity contribution >= 4 is 29.2 Å². The van der Waals surface area contributed by atoms with Crippen molar-refractivity contribution in [2.75, 3.05) is 57.8 Å². The number of carbonyl (C=O) groups excluding carboxylic acids is 2. The number of piperazine rings is 1. The van der Waals surface area contributed by atoms with Crippen molar-refractivity contribution in [3.63, 3.8) is 0 Å². The van der Waals surface area contributed by atoms with Gasteiger partial charge in [0.25, 0.3) is 5.91 Å². The highest BCUT2D eigenvalue weighted by Gasteiger charge is 2.49. The fraction of sp³-hybridized carbons (Fsp3) is 0.500.